The molecule has 1 amide bonds. The van der Waals surface area contributed by atoms with Gasteiger partial charge in [0.05, 0.1) is 0 Å². The highest BCUT2D eigenvalue weighted by Gasteiger charge is 2.43. The minimum atomic E-state index is -4.92. The Morgan fingerprint density at radius 2 is 2.04 bits per heavy atom. The number of carbonyl (C=O) groups excluding carboxylic acids is 1. The molecular formula is C15H15F4N5O. The van der Waals surface area contributed by atoms with Crippen LogP contribution in [0.25, 0.3) is 5.69 Å². The summed E-state index contributed by atoms with van der Waals surface area (Å²) < 4.78 is 54.9. The first-order valence-corrected chi connectivity index (χ1v) is 7.59. The van der Waals surface area contributed by atoms with E-state index in [-0.39, 0.29) is 19.1 Å². The number of piperazine rings is 1. The third kappa shape index (κ3) is 3.34. The van der Waals surface area contributed by atoms with Crippen molar-refractivity contribution in [2.75, 3.05) is 19.6 Å². The molecule has 10 heteroatoms. The van der Waals surface area contributed by atoms with E-state index in [0.717, 1.165) is 12.1 Å². The molecule has 1 aromatic carbocycles. The number of alkyl halides is 3. The third-order valence-corrected chi connectivity index (χ3v) is 3.88. The van der Waals surface area contributed by atoms with Gasteiger partial charge in [-0.05, 0) is 19.1 Å². The molecule has 1 aliphatic heterocycles. The minimum Gasteiger partial charge on any atom is -0.334 e. The zero-order valence-corrected chi connectivity index (χ0v) is 13.2. The van der Waals surface area contributed by atoms with Crippen molar-refractivity contribution in [2.24, 2.45) is 0 Å². The zero-order chi connectivity index (χ0) is 18.2. The second-order valence-electron chi connectivity index (χ2n) is 5.75. The number of hydrogen-bond acceptors (Lipinski definition) is 4. The van der Waals surface area contributed by atoms with Crippen LogP contribution in [0.15, 0.2) is 24.3 Å². The highest BCUT2D eigenvalue weighted by atomic mass is 19.4. The van der Waals surface area contributed by atoms with Gasteiger partial charge in [0.1, 0.15) is 11.5 Å². The van der Waals surface area contributed by atoms with E-state index in [1.807, 2.05) is 6.92 Å². The monoisotopic (exact) mass is 357 g/mol. The molecule has 1 aromatic heterocycles. The molecule has 0 radical (unpaired) electrons. The van der Waals surface area contributed by atoms with E-state index in [2.05, 4.69) is 15.6 Å². The van der Waals surface area contributed by atoms with Crippen LogP contribution in [-0.2, 0) is 6.18 Å². The predicted octanol–water partition coefficient (Wildman–Crippen LogP) is 1.86. The molecule has 0 aliphatic carbocycles. The number of amides is 1. The van der Waals surface area contributed by atoms with E-state index in [1.54, 1.807) is 0 Å². The van der Waals surface area contributed by atoms with Gasteiger partial charge < -0.3 is 10.2 Å². The van der Waals surface area contributed by atoms with Gasteiger partial charge in [-0.25, -0.2) is 9.07 Å². The van der Waals surface area contributed by atoms with Gasteiger partial charge in [-0.2, -0.15) is 13.2 Å². The van der Waals surface area contributed by atoms with E-state index in [0.29, 0.717) is 11.2 Å². The lowest BCUT2D eigenvalue weighted by atomic mass is 10.2. The average Bonchev–Trinajstić information content (AvgIpc) is 2.99. The Morgan fingerprint density at radius 3 is 2.68 bits per heavy atom. The van der Waals surface area contributed by atoms with Crippen molar-refractivity contribution in [3.05, 3.63) is 41.5 Å². The second-order valence-corrected chi connectivity index (χ2v) is 5.75. The first-order valence-electron chi connectivity index (χ1n) is 7.59. The SMILES string of the molecule is C[C@@H]1CN(C(=O)c2nnn(-c3ccccc3F)c2C(F)(F)F)CCN1. The van der Waals surface area contributed by atoms with Gasteiger partial charge in [0.25, 0.3) is 5.91 Å². The number of nitrogens with zero attached hydrogens (tertiary/aromatic N) is 4. The fraction of sp³-hybridized carbons (Fsp3) is 0.400. The summed E-state index contributed by atoms with van der Waals surface area (Å²) in [6.45, 7) is 2.80. The Labute approximate surface area is 140 Å². The maximum atomic E-state index is 13.9. The Kier molecular flexibility index (Phi) is 4.46. The van der Waals surface area contributed by atoms with Gasteiger partial charge in [-0.3, -0.25) is 4.79 Å². The molecule has 25 heavy (non-hydrogen) atoms. The number of benzene rings is 1. The van der Waals surface area contributed by atoms with E-state index >= 15 is 0 Å². The van der Waals surface area contributed by atoms with Crippen molar-refractivity contribution in [3.8, 4) is 5.69 Å². The summed E-state index contributed by atoms with van der Waals surface area (Å²) in [6.07, 6.45) is -4.92. The fourth-order valence-corrected chi connectivity index (χ4v) is 2.74. The van der Waals surface area contributed by atoms with Gasteiger partial charge in [0.2, 0.25) is 0 Å². The number of hydrogen-bond donors (Lipinski definition) is 1. The molecule has 0 unspecified atom stereocenters. The van der Waals surface area contributed by atoms with Crippen LogP contribution in [0.5, 0.6) is 0 Å². The number of para-hydroxylation sites is 1. The summed E-state index contributed by atoms with van der Waals surface area (Å²) in [6, 6.07) is 4.82. The molecule has 2 aromatic rings. The standard InChI is InChI=1S/C15H15F4N5O/c1-9-8-23(7-6-20-9)14(25)12-13(15(17,18)19)24(22-21-12)11-5-3-2-4-10(11)16/h2-5,9,20H,6-8H2,1H3/t9-/m1/s1. The fourth-order valence-electron chi connectivity index (χ4n) is 2.74. The molecule has 3 rings (SSSR count). The van der Waals surface area contributed by atoms with Crippen molar-refractivity contribution >= 4 is 5.91 Å². The molecule has 0 saturated carbocycles. The summed E-state index contributed by atoms with van der Waals surface area (Å²) in [4.78, 5) is 13.8. The summed E-state index contributed by atoms with van der Waals surface area (Å²) in [5, 5.41) is 9.90. The van der Waals surface area contributed by atoms with Gasteiger partial charge >= 0.3 is 6.18 Å². The molecule has 2 heterocycles. The second kappa shape index (κ2) is 6.43. The summed E-state index contributed by atoms with van der Waals surface area (Å²) in [5.74, 6) is -1.77. The molecule has 6 nitrogen and oxygen atoms in total. The molecule has 0 bridgehead atoms. The molecule has 1 aliphatic rings. The zero-order valence-electron chi connectivity index (χ0n) is 13.2. The summed E-state index contributed by atoms with van der Waals surface area (Å²) in [5.41, 5.74) is -2.63. The molecule has 1 N–H and O–H groups in total. The lowest BCUT2D eigenvalue weighted by molar-refractivity contribution is -0.143. The first kappa shape index (κ1) is 17.3. The van der Waals surface area contributed by atoms with Crippen molar-refractivity contribution < 1.29 is 22.4 Å². The Bertz CT molecular complexity index is 788. The van der Waals surface area contributed by atoms with Crippen LogP contribution < -0.4 is 5.32 Å². The van der Waals surface area contributed by atoms with Crippen molar-refractivity contribution in [2.45, 2.75) is 19.1 Å². The summed E-state index contributed by atoms with van der Waals surface area (Å²) in [7, 11) is 0. The van der Waals surface area contributed by atoms with Crippen LogP contribution in [0.3, 0.4) is 0 Å². The number of nitrogens with one attached hydrogen (secondary N) is 1. The van der Waals surface area contributed by atoms with E-state index in [4.69, 9.17) is 0 Å². The predicted molar refractivity (Wildman–Crippen MR) is 79.7 cm³/mol. The highest BCUT2D eigenvalue weighted by molar-refractivity contribution is 5.93. The Balaban J connectivity index is 2.06. The minimum absolute atomic E-state index is 0.0475. The first-order chi connectivity index (χ1) is 11.8. The molecule has 134 valence electrons. The largest absolute Gasteiger partial charge is 0.435 e. The molecular weight excluding hydrogens is 342 g/mol. The van der Waals surface area contributed by atoms with E-state index in [1.165, 1.54) is 17.0 Å². The molecule has 1 fully saturated rings. The topological polar surface area (TPSA) is 63.1 Å². The van der Waals surface area contributed by atoms with Gasteiger partial charge in [-0.15, -0.1) is 5.10 Å². The number of carbonyl (C=O) groups is 1. The van der Waals surface area contributed by atoms with Crippen LogP contribution >= 0.6 is 0 Å². The van der Waals surface area contributed by atoms with Gasteiger partial charge in [0.15, 0.2) is 11.4 Å². The highest BCUT2D eigenvalue weighted by Crippen LogP contribution is 2.33. The van der Waals surface area contributed by atoms with Crippen LogP contribution in [0.4, 0.5) is 17.6 Å². The van der Waals surface area contributed by atoms with Crippen LogP contribution in [0, 0.1) is 5.82 Å². The van der Waals surface area contributed by atoms with Crippen LogP contribution in [0.2, 0.25) is 0 Å². The number of halogens is 4. The van der Waals surface area contributed by atoms with E-state index < -0.39 is 35.0 Å². The van der Waals surface area contributed by atoms with Crippen molar-refractivity contribution in [1.82, 2.24) is 25.2 Å². The van der Waals surface area contributed by atoms with Gasteiger partial charge in [-0.1, -0.05) is 17.3 Å². The normalized spacial score (nSPS) is 18.4. The summed E-state index contributed by atoms with van der Waals surface area (Å²) >= 11 is 0. The number of rotatable bonds is 2. The van der Waals surface area contributed by atoms with E-state index in [9.17, 15) is 22.4 Å². The van der Waals surface area contributed by atoms with Crippen molar-refractivity contribution in [3.63, 3.8) is 0 Å². The van der Waals surface area contributed by atoms with Crippen LogP contribution in [-0.4, -0.2) is 51.5 Å². The maximum absolute atomic E-state index is 13.9. The van der Waals surface area contributed by atoms with Crippen LogP contribution in [0.1, 0.15) is 23.1 Å². The lowest BCUT2D eigenvalue weighted by Gasteiger charge is -2.31. The Hall–Kier alpha value is -2.49. The maximum Gasteiger partial charge on any atom is 0.435 e. The third-order valence-electron chi connectivity index (χ3n) is 3.88. The average molecular weight is 357 g/mol. The number of aromatic nitrogens is 3. The Morgan fingerprint density at radius 1 is 1.32 bits per heavy atom. The quantitative estimate of drug-likeness (QED) is 0.834. The van der Waals surface area contributed by atoms with Gasteiger partial charge in [0, 0.05) is 25.7 Å². The molecule has 1 saturated heterocycles. The smallest absolute Gasteiger partial charge is 0.334 e. The molecule has 0 spiro atoms. The van der Waals surface area contributed by atoms with Crippen molar-refractivity contribution in [1.29, 1.82) is 0 Å². The molecule has 1 atom stereocenters. The lowest BCUT2D eigenvalue weighted by Crippen LogP contribution is -2.51.